The lowest BCUT2D eigenvalue weighted by Crippen LogP contribution is -2.36. The summed E-state index contributed by atoms with van der Waals surface area (Å²) in [5, 5.41) is 28.1. The molecule has 11 heteroatoms. The van der Waals surface area contributed by atoms with Crippen LogP contribution in [0.15, 0.2) is 12.1 Å². The number of carbonyl (C=O) groups is 3. The third kappa shape index (κ3) is 6.71. The molecule has 1 aromatic heterocycles. The standard InChI is InChI=1S/C20H30N4O6S/c25-15(7-4-3-6-14-19-13(12-31-14)22-20(29)23-19)21-11-5-1-2-8-18(28)30-24-16(26)9-10-17(24)27/h9-10,13-14,19,26-27H,1-8,11-12H2,(H,21,25)(H2,22,23,29)/t13-,14-,19-/m0/s1. The molecule has 3 rings (SSSR count). The summed E-state index contributed by atoms with van der Waals surface area (Å²) in [6, 6.07) is 2.82. The summed E-state index contributed by atoms with van der Waals surface area (Å²) in [6.07, 6.45) is 5.52. The number of thioether (sulfide) groups is 1. The Bertz CT molecular complexity index is 766. The fraction of sp³-hybridized carbons (Fsp3) is 0.650. The Hall–Kier alpha value is -2.56. The minimum Gasteiger partial charge on any atom is -0.492 e. The van der Waals surface area contributed by atoms with Crippen LogP contribution in [0, 0.1) is 0 Å². The smallest absolute Gasteiger partial charge is 0.333 e. The number of aromatic hydroxyl groups is 2. The van der Waals surface area contributed by atoms with Gasteiger partial charge in [0.15, 0.2) is 0 Å². The Balaban J connectivity index is 1.16. The van der Waals surface area contributed by atoms with E-state index in [4.69, 9.17) is 4.84 Å². The monoisotopic (exact) mass is 454 g/mol. The zero-order valence-corrected chi connectivity index (χ0v) is 18.2. The van der Waals surface area contributed by atoms with Crippen molar-refractivity contribution >= 4 is 29.7 Å². The highest BCUT2D eigenvalue weighted by Gasteiger charge is 2.42. The number of carbonyl (C=O) groups excluding carboxylic acids is 3. The summed E-state index contributed by atoms with van der Waals surface area (Å²) in [4.78, 5) is 39.9. The van der Waals surface area contributed by atoms with Crippen LogP contribution in [-0.4, -0.2) is 62.5 Å². The summed E-state index contributed by atoms with van der Waals surface area (Å²) in [7, 11) is 0. The third-order valence-electron chi connectivity index (χ3n) is 5.45. The van der Waals surface area contributed by atoms with E-state index in [2.05, 4.69) is 16.0 Å². The largest absolute Gasteiger partial charge is 0.492 e. The molecule has 0 aromatic carbocycles. The van der Waals surface area contributed by atoms with E-state index in [0.29, 0.717) is 29.4 Å². The van der Waals surface area contributed by atoms with Crippen molar-refractivity contribution in [3.8, 4) is 11.8 Å². The first kappa shape index (κ1) is 23.1. The van der Waals surface area contributed by atoms with Gasteiger partial charge in [-0.05, 0) is 25.7 Å². The summed E-state index contributed by atoms with van der Waals surface area (Å²) in [5.41, 5.74) is 0. The van der Waals surface area contributed by atoms with E-state index >= 15 is 0 Å². The van der Waals surface area contributed by atoms with Gasteiger partial charge in [-0.15, -0.1) is 4.73 Å². The molecule has 3 amide bonds. The third-order valence-corrected chi connectivity index (χ3v) is 6.96. The number of amides is 3. The van der Waals surface area contributed by atoms with Gasteiger partial charge in [0, 0.05) is 42.5 Å². The highest BCUT2D eigenvalue weighted by atomic mass is 32.2. The first-order valence-electron chi connectivity index (χ1n) is 10.7. The Morgan fingerprint density at radius 2 is 1.84 bits per heavy atom. The zero-order valence-electron chi connectivity index (χ0n) is 17.3. The molecule has 0 unspecified atom stereocenters. The molecule has 1 aromatic rings. The van der Waals surface area contributed by atoms with Crippen LogP contribution in [0.1, 0.15) is 51.4 Å². The average molecular weight is 455 g/mol. The van der Waals surface area contributed by atoms with E-state index in [-0.39, 0.29) is 42.2 Å². The van der Waals surface area contributed by atoms with Crippen LogP contribution in [-0.2, 0) is 9.59 Å². The maximum Gasteiger partial charge on any atom is 0.333 e. The molecule has 0 spiro atoms. The Morgan fingerprint density at radius 1 is 1.10 bits per heavy atom. The molecule has 2 saturated heterocycles. The molecule has 0 saturated carbocycles. The van der Waals surface area contributed by atoms with E-state index in [1.54, 1.807) is 0 Å². The second kappa shape index (κ2) is 11.2. The van der Waals surface area contributed by atoms with Crippen LogP contribution >= 0.6 is 11.8 Å². The molecule has 172 valence electrons. The van der Waals surface area contributed by atoms with Gasteiger partial charge in [0.05, 0.1) is 12.1 Å². The van der Waals surface area contributed by atoms with Crippen LogP contribution < -0.4 is 20.8 Å². The Labute approximate surface area is 185 Å². The first-order valence-corrected chi connectivity index (χ1v) is 11.7. The fourth-order valence-corrected chi connectivity index (χ4v) is 5.35. The number of hydrogen-bond donors (Lipinski definition) is 5. The number of urea groups is 1. The number of nitrogens with one attached hydrogen (secondary N) is 3. The zero-order chi connectivity index (χ0) is 22.2. The van der Waals surface area contributed by atoms with E-state index in [9.17, 15) is 24.6 Å². The number of nitrogens with zero attached hydrogens (tertiary/aromatic N) is 1. The van der Waals surface area contributed by atoms with E-state index in [1.165, 1.54) is 12.1 Å². The van der Waals surface area contributed by atoms with Crippen molar-refractivity contribution in [2.75, 3.05) is 12.3 Å². The van der Waals surface area contributed by atoms with Crippen LogP contribution in [0.25, 0.3) is 0 Å². The van der Waals surface area contributed by atoms with Gasteiger partial charge in [-0.1, -0.05) is 12.8 Å². The molecule has 2 fully saturated rings. The predicted octanol–water partition coefficient (Wildman–Crippen LogP) is 1.26. The van der Waals surface area contributed by atoms with Crippen molar-refractivity contribution < 1.29 is 29.4 Å². The lowest BCUT2D eigenvalue weighted by molar-refractivity contribution is -0.145. The quantitative estimate of drug-likeness (QED) is 0.236. The molecule has 10 nitrogen and oxygen atoms in total. The minimum absolute atomic E-state index is 0.0331. The summed E-state index contributed by atoms with van der Waals surface area (Å²) in [5.74, 6) is -0.260. The highest BCUT2D eigenvalue weighted by Crippen LogP contribution is 2.33. The van der Waals surface area contributed by atoms with E-state index < -0.39 is 5.97 Å². The summed E-state index contributed by atoms with van der Waals surface area (Å²) < 4.78 is 0.674. The maximum atomic E-state index is 11.9. The molecule has 0 radical (unpaired) electrons. The number of aromatic nitrogens is 1. The Morgan fingerprint density at radius 3 is 2.61 bits per heavy atom. The highest BCUT2D eigenvalue weighted by molar-refractivity contribution is 8.00. The van der Waals surface area contributed by atoms with Crippen LogP contribution in [0.3, 0.4) is 0 Å². The van der Waals surface area contributed by atoms with Crippen molar-refractivity contribution in [1.82, 2.24) is 20.7 Å². The number of rotatable bonds is 12. The molecule has 31 heavy (non-hydrogen) atoms. The van der Waals surface area contributed by atoms with Gasteiger partial charge >= 0.3 is 12.0 Å². The predicted molar refractivity (Wildman–Crippen MR) is 115 cm³/mol. The lowest BCUT2D eigenvalue weighted by Gasteiger charge is -2.16. The molecule has 3 atom stereocenters. The molecular weight excluding hydrogens is 424 g/mol. The van der Waals surface area contributed by atoms with Crippen LogP contribution in [0.5, 0.6) is 11.8 Å². The first-order chi connectivity index (χ1) is 14.9. The Kier molecular flexibility index (Phi) is 8.33. The normalized spacial score (nSPS) is 21.9. The lowest BCUT2D eigenvalue weighted by atomic mass is 10.0. The molecule has 3 heterocycles. The molecule has 0 aliphatic carbocycles. The molecule has 5 N–H and O–H groups in total. The molecule has 0 bridgehead atoms. The van der Waals surface area contributed by atoms with Crippen molar-refractivity contribution in [1.29, 1.82) is 0 Å². The summed E-state index contributed by atoms with van der Waals surface area (Å²) >= 11 is 1.88. The van der Waals surface area contributed by atoms with Crippen molar-refractivity contribution in [2.45, 2.75) is 68.7 Å². The van der Waals surface area contributed by atoms with Gasteiger partial charge in [-0.25, -0.2) is 9.59 Å². The van der Waals surface area contributed by atoms with Gasteiger partial charge in [0.2, 0.25) is 17.7 Å². The van der Waals surface area contributed by atoms with Gasteiger partial charge < -0.3 is 31.0 Å². The van der Waals surface area contributed by atoms with Gasteiger partial charge in [-0.2, -0.15) is 11.8 Å². The number of hydrogen-bond acceptors (Lipinski definition) is 7. The van der Waals surface area contributed by atoms with Gasteiger partial charge in [-0.3, -0.25) is 4.79 Å². The van der Waals surface area contributed by atoms with E-state index in [0.717, 1.165) is 37.9 Å². The maximum absolute atomic E-state index is 11.9. The van der Waals surface area contributed by atoms with E-state index in [1.807, 2.05) is 11.8 Å². The van der Waals surface area contributed by atoms with Crippen molar-refractivity contribution in [3.05, 3.63) is 12.1 Å². The van der Waals surface area contributed by atoms with Crippen LogP contribution in [0.2, 0.25) is 0 Å². The molecule has 2 aliphatic heterocycles. The second-order valence-electron chi connectivity index (χ2n) is 7.84. The minimum atomic E-state index is -0.550. The average Bonchev–Trinajstić information content (AvgIpc) is 3.38. The molecule has 2 aliphatic rings. The number of unbranched alkanes of at least 4 members (excludes halogenated alkanes) is 3. The molecular formula is C20H30N4O6S. The fourth-order valence-electron chi connectivity index (χ4n) is 3.80. The van der Waals surface area contributed by atoms with Crippen molar-refractivity contribution in [3.63, 3.8) is 0 Å². The van der Waals surface area contributed by atoms with Crippen molar-refractivity contribution in [2.24, 2.45) is 0 Å². The second-order valence-corrected chi connectivity index (χ2v) is 9.11. The SMILES string of the molecule is O=C(CCCC[C@@H]1SC[C@@H]2NC(=O)N[C@@H]21)NCCCCCC(=O)On1c(O)ccc1O. The van der Waals surface area contributed by atoms with Gasteiger partial charge in [0.1, 0.15) is 0 Å². The van der Waals surface area contributed by atoms with Gasteiger partial charge in [0.25, 0.3) is 0 Å². The topological polar surface area (TPSA) is 142 Å². The van der Waals surface area contributed by atoms with Crippen LogP contribution in [0.4, 0.5) is 4.79 Å². The number of fused-ring (bicyclic) bond motifs is 1. The summed E-state index contributed by atoms with van der Waals surface area (Å²) in [6.45, 7) is 0.562.